The molecule has 1 aliphatic carbocycles. The highest BCUT2D eigenvalue weighted by atomic mass is 16.5. The average Bonchev–Trinajstić information content (AvgIpc) is 2.96. The zero-order valence-corrected chi connectivity index (χ0v) is 12.4. The Labute approximate surface area is 124 Å². The maximum atomic E-state index is 12.4. The van der Waals surface area contributed by atoms with Crippen molar-refractivity contribution in [1.29, 1.82) is 0 Å². The number of ether oxygens (including phenoxy) is 1. The van der Waals surface area contributed by atoms with Gasteiger partial charge in [-0.25, -0.2) is 0 Å². The lowest BCUT2D eigenvalue weighted by Crippen LogP contribution is -2.31. The third-order valence-electron chi connectivity index (χ3n) is 4.06. The molecule has 0 aliphatic heterocycles. The summed E-state index contributed by atoms with van der Waals surface area (Å²) in [6, 6.07) is 7.60. The van der Waals surface area contributed by atoms with Crippen LogP contribution in [0.25, 0.3) is 0 Å². The van der Waals surface area contributed by atoms with Crippen LogP contribution in [0.1, 0.15) is 24.8 Å². The van der Waals surface area contributed by atoms with Gasteiger partial charge in [0, 0.05) is 19.5 Å². The molecule has 0 spiro atoms. The van der Waals surface area contributed by atoms with Crippen LogP contribution in [0, 0.1) is 11.8 Å². The van der Waals surface area contributed by atoms with E-state index in [1.54, 1.807) is 19.1 Å². The summed E-state index contributed by atoms with van der Waals surface area (Å²) >= 11 is 0. The van der Waals surface area contributed by atoms with Gasteiger partial charge in [-0.1, -0.05) is 12.1 Å². The molecule has 0 bridgehead atoms. The van der Waals surface area contributed by atoms with Crippen LogP contribution in [0.5, 0.6) is 5.75 Å². The van der Waals surface area contributed by atoms with E-state index in [-0.39, 0.29) is 17.7 Å². The van der Waals surface area contributed by atoms with Crippen molar-refractivity contribution < 1.29 is 19.4 Å². The Morgan fingerprint density at radius 2 is 2.05 bits per heavy atom. The molecule has 1 fully saturated rings. The first-order chi connectivity index (χ1) is 10.0. The summed E-state index contributed by atoms with van der Waals surface area (Å²) < 4.78 is 5.17. The van der Waals surface area contributed by atoms with Crippen molar-refractivity contribution in [2.45, 2.75) is 25.8 Å². The van der Waals surface area contributed by atoms with E-state index in [4.69, 9.17) is 9.84 Å². The minimum Gasteiger partial charge on any atom is -0.497 e. The standard InChI is InChI=1S/C16H21NO4/c1-17(10-11-4-3-5-14(8-11)21-2)15(18)12-6-7-13(9-12)16(19)20/h3-5,8,12-13H,6-7,9-10H2,1-2H3,(H,19,20)/t12-,13+/m1/s1. The first kappa shape index (κ1) is 15.4. The van der Waals surface area contributed by atoms with Gasteiger partial charge in [-0.3, -0.25) is 9.59 Å². The van der Waals surface area contributed by atoms with Crippen molar-refractivity contribution in [3.63, 3.8) is 0 Å². The van der Waals surface area contributed by atoms with Gasteiger partial charge in [0.05, 0.1) is 13.0 Å². The predicted octanol–water partition coefficient (Wildman–Crippen LogP) is 2.15. The van der Waals surface area contributed by atoms with Crippen molar-refractivity contribution in [1.82, 2.24) is 4.90 Å². The number of amides is 1. The van der Waals surface area contributed by atoms with Gasteiger partial charge in [0.2, 0.25) is 5.91 Å². The van der Waals surface area contributed by atoms with Gasteiger partial charge in [0.1, 0.15) is 5.75 Å². The van der Waals surface area contributed by atoms with E-state index in [9.17, 15) is 9.59 Å². The molecule has 0 aromatic heterocycles. The van der Waals surface area contributed by atoms with Gasteiger partial charge in [0.25, 0.3) is 0 Å². The predicted molar refractivity (Wildman–Crippen MR) is 77.9 cm³/mol. The Balaban J connectivity index is 1.95. The number of carbonyl (C=O) groups excluding carboxylic acids is 1. The molecular formula is C16H21NO4. The number of nitrogens with zero attached hydrogens (tertiary/aromatic N) is 1. The van der Waals surface area contributed by atoms with Crippen molar-refractivity contribution in [3.05, 3.63) is 29.8 Å². The number of hydrogen-bond acceptors (Lipinski definition) is 3. The van der Waals surface area contributed by atoms with Crippen LogP contribution in [0.2, 0.25) is 0 Å². The Morgan fingerprint density at radius 3 is 2.67 bits per heavy atom. The summed E-state index contributed by atoms with van der Waals surface area (Å²) in [5, 5.41) is 9.01. The molecule has 1 aromatic rings. The lowest BCUT2D eigenvalue weighted by atomic mass is 10.0. The maximum Gasteiger partial charge on any atom is 0.306 e. The molecule has 1 N–H and O–H groups in total. The van der Waals surface area contributed by atoms with Gasteiger partial charge in [-0.05, 0) is 37.0 Å². The average molecular weight is 291 g/mol. The molecule has 1 saturated carbocycles. The number of carboxylic acid groups (broad SMARTS) is 1. The highest BCUT2D eigenvalue weighted by Crippen LogP contribution is 2.32. The molecule has 21 heavy (non-hydrogen) atoms. The second kappa shape index (κ2) is 6.61. The lowest BCUT2D eigenvalue weighted by molar-refractivity contribution is -0.141. The third-order valence-corrected chi connectivity index (χ3v) is 4.06. The van der Waals surface area contributed by atoms with Gasteiger partial charge in [-0.15, -0.1) is 0 Å². The largest absolute Gasteiger partial charge is 0.497 e. The van der Waals surface area contributed by atoms with E-state index in [2.05, 4.69) is 0 Å². The number of rotatable bonds is 5. The fourth-order valence-corrected chi connectivity index (χ4v) is 2.86. The zero-order chi connectivity index (χ0) is 15.4. The van der Waals surface area contributed by atoms with Crippen molar-refractivity contribution >= 4 is 11.9 Å². The Bertz CT molecular complexity index is 529. The topological polar surface area (TPSA) is 66.8 Å². The van der Waals surface area contributed by atoms with Crippen LogP contribution in [0.15, 0.2) is 24.3 Å². The van der Waals surface area contributed by atoms with Gasteiger partial charge < -0.3 is 14.7 Å². The van der Waals surface area contributed by atoms with Crippen LogP contribution >= 0.6 is 0 Å². The summed E-state index contributed by atoms with van der Waals surface area (Å²) in [5.74, 6) is -0.534. The second-order valence-corrected chi connectivity index (χ2v) is 5.59. The Morgan fingerprint density at radius 1 is 1.33 bits per heavy atom. The monoisotopic (exact) mass is 291 g/mol. The normalized spacial score (nSPS) is 21.0. The lowest BCUT2D eigenvalue weighted by Gasteiger charge is -2.21. The highest BCUT2D eigenvalue weighted by Gasteiger charge is 2.35. The molecule has 0 unspecified atom stereocenters. The summed E-state index contributed by atoms with van der Waals surface area (Å²) in [7, 11) is 3.37. The summed E-state index contributed by atoms with van der Waals surface area (Å²) in [6.45, 7) is 0.504. The van der Waals surface area contributed by atoms with E-state index in [0.717, 1.165) is 11.3 Å². The first-order valence-electron chi connectivity index (χ1n) is 7.12. The molecule has 1 amide bonds. The summed E-state index contributed by atoms with van der Waals surface area (Å²) in [4.78, 5) is 25.0. The van der Waals surface area contributed by atoms with Gasteiger partial charge in [-0.2, -0.15) is 0 Å². The molecule has 1 aliphatic rings. The van der Waals surface area contributed by atoms with Crippen molar-refractivity contribution in [3.8, 4) is 5.75 Å². The molecule has 0 radical (unpaired) electrons. The summed E-state index contributed by atoms with van der Waals surface area (Å²) in [5.41, 5.74) is 0.998. The number of benzene rings is 1. The SMILES string of the molecule is COc1cccc(CN(C)C(=O)[C@@H]2CC[C@H](C(=O)O)C2)c1. The molecule has 5 nitrogen and oxygen atoms in total. The van der Waals surface area contributed by atoms with Crippen molar-refractivity contribution in [2.24, 2.45) is 11.8 Å². The Kier molecular flexibility index (Phi) is 4.83. The smallest absolute Gasteiger partial charge is 0.306 e. The molecule has 1 aromatic carbocycles. The fraction of sp³-hybridized carbons (Fsp3) is 0.500. The minimum absolute atomic E-state index is 0.0292. The van der Waals surface area contributed by atoms with Crippen LogP contribution in [-0.2, 0) is 16.1 Å². The van der Waals surface area contributed by atoms with Crippen molar-refractivity contribution in [2.75, 3.05) is 14.2 Å². The van der Waals surface area contributed by atoms with Gasteiger partial charge >= 0.3 is 5.97 Å². The van der Waals surface area contributed by atoms with Crippen LogP contribution in [-0.4, -0.2) is 36.0 Å². The van der Waals surface area contributed by atoms with Gasteiger partial charge in [0.15, 0.2) is 0 Å². The van der Waals surface area contributed by atoms with E-state index < -0.39 is 5.97 Å². The number of aliphatic carboxylic acids is 1. The van der Waals surface area contributed by atoms with Crippen LogP contribution in [0.4, 0.5) is 0 Å². The number of hydrogen-bond donors (Lipinski definition) is 1. The number of carbonyl (C=O) groups is 2. The van der Waals surface area contributed by atoms with Crippen LogP contribution in [0.3, 0.4) is 0 Å². The number of carboxylic acids is 1. The minimum atomic E-state index is -0.791. The second-order valence-electron chi connectivity index (χ2n) is 5.59. The summed E-state index contributed by atoms with van der Waals surface area (Å²) in [6.07, 6.45) is 1.72. The molecule has 0 heterocycles. The first-order valence-corrected chi connectivity index (χ1v) is 7.12. The maximum absolute atomic E-state index is 12.4. The molecule has 2 atom stereocenters. The molecule has 114 valence electrons. The molecule has 2 rings (SSSR count). The van der Waals surface area contributed by atoms with E-state index in [1.165, 1.54) is 0 Å². The molecule has 5 heteroatoms. The van der Waals surface area contributed by atoms with Crippen LogP contribution < -0.4 is 4.74 Å². The third kappa shape index (κ3) is 3.74. The fourth-order valence-electron chi connectivity index (χ4n) is 2.86. The van der Waals surface area contributed by atoms with E-state index in [0.29, 0.717) is 25.8 Å². The molecular weight excluding hydrogens is 270 g/mol. The van der Waals surface area contributed by atoms with E-state index in [1.807, 2.05) is 24.3 Å². The zero-order valence-electron chi connectivity index (χ0n) is 12.4. The molecule has 0 saturated heterocycles. The number of methoxy groups -OCH3 is 1. The highest BCUT2D eigenvalue weighted by molar-refractivity contribution is 5.80. The van der Waals surface area contributed by atoms with E-state index >= 15 is 0 Å². The Hall–Kier alpha value is -2.04. The quantitative estimate of drug-likeness (QED) is 0.902.